The molecule has 0 aromatic heterocycles. The fraction of sp³-hybridized carbons (Fsp3) is 0.500. The second kappa shape index (κ2) is 14.0. The number of aliphatic hydroxyl groups is 1. The van der Waals surface area contributed by atoms with Crippen LogP contribution in [0.25, 0.3) is 0 Å². The Hall–Kier alpha value is -3.54. The second-order valence-corrected chi connectivity index (χ2v) is 9.97. The van der Waals surface area contributed by atoms with Gasteiger partial charge in [-0.1, -0.05) is 38.2 Å². The average Bonchev–Trinajstić information content (AvgIpc) is 2.88. The maximum absolute atomic E-state index is 13.2. The summed E-state index contributed by atoms with van der Waals surface area (Å²) in [6.07, 6.45) is 3.55. The number of carbonyl (C=O) groups excluding carboxylic acids is 4. The molecule has 1 aliphatic heterocycles. The number of primary amides is 1. The molecule has 0 aromatic carbocycles. The summed E-state index contributed by atoms with van der Waals surface area (Å²) < 4.78 is 16.4. The van der Waals surface area contributed by atoms with Gasteiger partial charge >= 0.3 is 6.09 Å². The first-order chi connectivity index (χ1) is 18.3. The van der Waals surface area contributed by atoms with Crippen LogP contribution in [0.2, 0.25) is 0 Å². The van der Waals surface area contributed by atoms with E-state index in [1.807, 2.05) is 6.92 Å². The SMILES string of the molecule is CO[C@@H]1C=C/C=C(\C)C(=O)NC2=CC(=O)C(N)=C(C[C@@H](C)C[C@@H](OC)[C@@H](O)[C@H](C)/C=C(\C)[C@H]1OC(N)=O)C2=O. The zero-order valence-electron chi connectivity index (χ0n) is 23.2. The first kappa shape index (κ1) is 31.7. The number of ketones is 2. The highest BCUT2D eigenvalue weighted by atomic mass is 16.6. The summed E-state index contributed by atoms with van der Waals surface area (Å²) in [7, 11) is 2.90. The number of fused-ring (bicyclic) bond motifs is 2. The van der Waals surface area contributed by atoms with Crippen LogP contribution in [-0.2, 0) is 28.6 Å². The molecular formula is C28H39N3O8. The molecule has 2 amide bonds. The van der Waals surface area contributed by atoms with E-state index in [0.717, 1.165) is 6.08 Å². The van der Waals surface area contributed by atoms with Crippen LogP contribution in [0.4, 0.5) is 4.79 Å². The molecule has 6 N–H and O–H groups in total. The van der Waals surface area contributed by atoms with Gasteiger partial charge in [0.15, 0.2) is 6.10 Å². The highest BCUT2D eigenvalue weighted by molar-refractivity contribution is 6.23. The van der Waals surface area contributed by atoms with E-state index in [0.29, 0.717) is 12.0 Å². The van der Waals surface area contributed by atoms with Gasteiger partial charge in [0, 0.05) is 37.4 Å². The summed E-state index contributed by atoms with van der Waals surface area (Å²) >= 11 is 0. The molecule has 1 aliphatic carbocycles. The van der Waals surface area contributed by atoms with Gasteiger partial charge in [-0.3, -0.25) is 14.4 Å². The molecule has 2 bridgehead atoms. The van der Waals surface area contributed by atoms with Gasteiger partial charge in [-0.15, -0.1) is 0 Å². The van der Waals surface area contributed by atoms with E-state index in [1.54, 1.807) is 26.0 Å². The number of aliphatic hydroxyl groups excluding tert-OH is 1. The molecule has 0 saturated carbocycles. The van der Waals surface area contributed by atoms with Crippen molar-refractivity contribution in [1.82, 2.24) is 5.32 Å². The van der Waals surface area contributed by atoms with E-state index in [-0.39, 0.29) is 34.9 Å². The van der Waals surface area contributed by atoms with Crippen LogP contribution < -0.4 is 16.8 Å². The predicted molar refractivity (Wildman–Crippen MR) is 144 cm³/mol. The Morgan fingerprint density at radius 1 is 1.13 bits per heavy atom. The number of methoxy groups -OCH3 is 2. The molecule has 6 atom stereocenters. The monoisotopic (exact) mass is 545 g/mol. The third-order valence-electron chi connectivity index (χ3n) is 6.84. The molecule has 0 aromatic rings. The lowest BCUT2D eigenvalue weighted by Crippen LogP contribution is -2.37. The van der Waals surface area contributed by atoms with Crippen LogP contribution in [-0.4, -0.2) is 67.3 Å². The van der Waals surface area contributed by atoms with E-state index in [4.69, 9.17) is 25.7 Å². The maximum Gasteiger partial charge on any atom is 0.405 e. The average molecular weight is 546 g/mol. The maximum atomic E-state index is 13.2. The van der Waals surface area contributed by atoms with E-state index in [2.05, 4.69) is 5.32 Å². The first-order valence-electron chi connectivity index (χ1n) is 12.6. The van der Waals surface area contributed by atoms with Crippen LogP contribution >= 0.6 is 0 Å². The number of hydrogen-bond acceptors (Lipinski definition) is 9. The van der Waals surface area contributed by atoms with Crippen molar-refractivity contribution in [2.75, 3.05) is 14.2 Å². The van der Waals surface area contributed by atoms with Crippen molar-refractivity contribution < 1.29 is 38.5 Å². The minimum atomic E-state index is -1.00. The molecule has 214 valence electrons. The zero-order valence-corrected chi connectivity index (χ0v) is 23.2. The molecule has 2 aliphatic rings. The molecule has 11 heteroatoms. The Morgan fingerprint density at radius 2 is 1.79 bits per heavy atom. The summed E-state index contributed by atoms with van der Waals surface area (Å²) in [6.45, 7) is 6.89. The van der Waals surface area contributed by atoms with Gasteiger partial charge in [0.2, 0.25) is 11.6 Å². The predicted octanol–water partition coefficient (Wildman–Crippen LogP) is 1.72. The van der Waals surface area contributed by atoms with Gasteiger partial charge in [-0.2, -0.15) is 0 Å². The van der Waals surface area contributed by atoms with Crippen molar-refractivity contribution in [3.8, 4) is 0 Å². The first-order valence-corrected chi connectivity index (χ1v) is 12.6. The van der Waals surface area contributed by atoms with E-state index in [1.165, 1.54) is 33.3 Å². The Bertz CT molecular complexity index is 1130. The standard InChI is InChI=1S/C28H39N3O8/c1-14-10-18-23(29)20(32)13-19(25(18)34)31-27(35)15(2)8-7-9-21(37-5)26(39-28(30)36)17(4)12-16(3)24(33)22(11-14)38-6/h7-9,12-14,16,21-22,24,26,33H,10-11,29H2,1-6H3,(H2,30,36)(H,31,35)/b9-7?,15-8+,17-12+/t14-,16-,21-,22-,24+,26-/m1/s1. The number of allylic oxidation sites excluding steroid dienone is 4. The summed E-state index contributed by atoms with van der Waals surface area (Å²) in [5, 5.41) is 13.6. The zero-order chi connectivity index (χ0) is 29.4. The molecule has 1 heterocycles. The van der Waals surface area contributed by atoms with Gasteiger partial charge in [0.25, 0.3) is 5.91 Å². The van der Waals surface area contributed by atoms with E-state index in [9.17, 15) is 24.3 Å². The highest BCUT2D eigenvalue weighted by Crippen LogP contribution is 2.28. The fourth-order valence-electron chi connectivity index (χ4n) is 4.61. The number of ether oxygens (including phenoxy) is 3. The largest absolute Gasteiger partial charge is 0.439 e. The van der Waals surface area contributed by atoms with Crippen LogP contribution in [0.1, 0.15) is 40.5 Å². The number of rotatable bonds is 3. The van der Waals surface area contributed by atoms with Crippen molar-refractivity contribution in [1.29, 1.82) is 0 Å². The van der Waals surface area contributed by atoms with E-state index >= 15 is 0 Å². The summed E-state index contributed by atoms with van der Waals surface area (Å²) in [5.74, 6) is -2.37. The van der Waals surface area contributed by atoms with Crippen molar-refractivity contribution in [3.63, 3.8) is 0 Å². The van der Waals surface area contributed by atoms with Crippen molar-refractivity contribution >= 4 is 23.6 Å². The van der Waals surface area contributed by atoms with Gasteiger partial charge in [-0.25, -0.2) is 4.79 Å². The number of Topliss-reactive ketones (excluding diaryl/α,β-unsaturated/α-hetero) is 1. The third-order valence-corrected chi connectivity index (χ3v) is 6.84. The summed E-state index contributed by atoms with van der Waals surface area (Å²) in [5.41, 5.74) is 11.9. The smallest absolute Gasteiger partial charge is 0.405 e. The highest BCUT2D eigenvalue weighted by Gasteiger charge is 2.32. The molecule has 0 saturated heterocycles. The summed E-state index contributed by atoms with van der Waals surface area (Å²) in [4.78, 5) is 50.1. The van der Waals surface area contributed by atoms with Crippen molar-refractivity contribution in [3.05, 3.63) is 58.5 Å². The minimum absolute atomic E-state index is 0.104. The van der Waals surface area contributed by atoms with Crippen LogP contribution in [0.15, 0.2) is 58.5 Å². The quantitative estimate of drug-likeness (QED) is 0.303. The number of hydrogen-bond donors (Lipinski definition) is 4. The molecule has 2 rings (SSSR count). The molecular weight excluding hydrogens is 506 g/mol. The lowest BCUT2D eigenvalue weighted by molar-refractivity contribution is -0.120. The van der Waals surface area contributed by atoms with Gasteiger partial charge < -0.3 is 36.1 Å². The number of nitrogens with two attached hydrogens (primary N) is 2. The molecule has 0 radical (unpaired) electrons. The van der Waals surface area contributed by atoms with Gasteiger partial charge in [0.05, 0.1) is 23.6 Å². The fourth-order valence-corrected chi connectivity index (χ4v) is 4.61. The van der Waals surface area contributed by atoms with Crippen molar-refractivity contribution in [2.24, 2.45) is 23.3 Å². The Labute approximate surface area is 228 Å². The lowest BCUT2D eigenvalue weighted by Gasteiger charge is -2.29. The van der Waals surface area contributed by atoms with Crippen LogP contribution in [0.3, 0.4) is 0 Å². The van der Waals surface area contributed by atoms with E-state index < -0.39 is 53.9 Å². The second-order valence-electron chi connectivity index (χ2n) is 9.97. The minimum Gasteiger partial charge on any atom is -0.439 e. The van der Waals surface area contributed by atoms with Crippen molar-refractivity contribution in [2.45, 2.75) is 65.0 Å². The lowest BCUT2D eigenvalue weighted by atomic mass is 9.85. The molecule has 0 spiro atoms. The molecule has 0 unspecified atom stereocenters. The number of nitrogens with one attached hydrogen (secondary N) is 1. The molecule has 11 nitrogen and oxygen atoms in total. The Balaban J connectivity index is 2.58. The number of carbonyl (C=O) groups is 4. The third kappa shape index (κ3) is 8.22. The number of amides is 2. The van der Waals surface area contributed by atoms with Crippen LogP contribution in [0, 0.1) is 11.8 Å². The van der Waals surface area contributed by atoms with Gasteiger partial charge in [-0.05, 0) is 38.2 Å². The molecule has 0 fully saturated rings. The van der Waals surface area contributed by atoms with Gasteiger partial charge in [0.1, 0.15) is 6.10 Å². The normalized spacial score (nSPS) is 32.5. The van der Waals surface area contributed by atoms with Crippen LogP contribution in [0.5, 0.6) is 0 Å². The summed E-state index contributed by atoms with van der Waals surface area (Å²) in [6, 6.07) is 0. The topological polar surface area (TPSA) is 180 Å². The Kier molecular flexibility index (Phi) is 11.4. The Morgan fingerprint density at radius 3 is 2.38 bits per heavy atom. The molecule has 39 heavy (non-hydrogen) atoms.